The number of halogens is 1. The SMILES string of the molecule is CNc1nc(Nc2ccc(OC)c(Cl)c2)nc(N(C2CCCCCC2)C2CCN(C)CC2)n1. The lowest BCUT2D eigenvalue weighted by molar-refractivity contribution is 0.239. The minimum absolute atomic E-state index is 0.444. The zero-order valence-corrected chi connectivity index (χ0v) is 20.7. The van der Waals surface area contributed by atoms with Crippen LogP contribution in [0.5, 0.6) is 5.75 Å². The number of piperidine rings is 1. The van der Waals surface area contributed by atoms with Crippen molar-refractivity contribution in [3.05, 3.63) is 23.2 Å². The van der Waals surface area contributed by atoms with Crippen LogP contribution in [0.3, 0.4) is 0 Å². The topological polar surface area (TPSA) is 78.4 Å². The van der Waals surface area contributed by atoms with E-state index in [2.05, 4.69) is 32.5 Å². The first-order chi connectivity index (χ1) is 16.1. The summed E-state index contributed by atoms with van der Waals surface area (Å²) in [6.45, 7) is 2.21. The maximum Gasteiger partial charge on any atom is 0.233 e. The predicted octanol–water partition coefficient (Wildman–Crippen LogP) is 4.94. The predicted molar refractivity (Wildman–Crippen MR) is 135 cm³/mol. The molecule has 1 aliphatic heterocycles. The highest BCUT2D eigenvalue weighted by molar-refractivity contribution is 6.32. The van der Waals surface area contributed by atoms with Crippen LogP contribution in [-0.4, -0.2) is 66.2 Å². The molecule has 2 fully saturated rings. The van der Waals surface area contributed by atoms with Crippen molar-refractivity contribution in [2.24, 2.45) is 0 Å². The van der Waals surface area contributed by atoms with Crippen LogP contribution in [0.2, 0.25) is 5.02 Å². The highest BCUT2D eigenvalue weighted by Crippen LogP contribution is 2.32. The van der Waals surface area contributed by atoms with Crippen LogP contribution in [0.1, 0.15) is 51.4 Å². The molecule has 0 unspecified atom stereocenters. The van der Waals surface area contributed by atoms with Crippen LogP contribution in [0, 0.1) is 0 Å². The minimum atomic E-state index is 0.444. The van der Waals surface area contributed by atoms with E-state index in [-0.39, 0.29) is 0 Å². The zero-order valence-electron chi connectivity index (χ0n) is 20.0. The summed E-state index contributed by atoms with van der Waals surface area (Å²) in [7, 11) is 5.66. The van der Waals surface area contributed by atoms with Crippen LogP contribution >= 0.6 is 11.6 Å². The molecule has 2 aromatic rings. The first-order valence-electron chi connectivity index (χ1n) is 12.1. The standard InChI is InChI=1S/C24H36ClN7O/c1-26-22-28-23(27-17-10-11-21(33-3)20(25)16-17)30-24(29-22)32(18-8-6-4-5-7-9-18)19-12-14-31(2)15-13-19/h10-11,16,18-19H,4-9,12-15H2,1-3H3,(H2,26,27,28,29,30). The number of ether oxygens (including phenoxy) is 1. The number of nitrogens with zero attached hydrogens (tertiary/aromatic N) is 5. The summed E-state index contributed by atoms with van der Waals surface area (Å²) in [6, 6.07) is 6.48. The highest BCUT2D eigenvalue weighted by atomic mass is 35.5. The minimum Gasteiger partial charge on any atom is -0.495 e. The Balaban J connectivity index is 1.66. The maximum atomic E-state index is 6.32. The summed E-state index contributed by atoms with van der Waals surface area (Å²) in [6.07, 6.45) is 9.84. The van der Waals surface area contributed by atoms with Gasteiger partial charge in [-0.15, -0.1) is 0 Å². The van der Waals surface area contributed by atoms with Gasteiger partial charge < -0.3 is 25.2 Å². The van der Waals surface area contributed by atoms with Gasteiger partial charge in [0.2, 0.25) is 17.8 Å². The highest BCUT2D eigenvalue weighted by Gasteiger charge is 2.32. The van der Waals surface area contributed by atoms with Gasteiger partial charge in [-0.3, -0.25) is 0 Å². The normalized spacial score (nSPS) is 18.5. The lowest BCUT2D eigenvalue weighted by Crippen LogP contribution is -2.49. The van der Waals surface area contributed by atoms with Crippen LogP contribution < -0.4 is 20.3 Å². The average Bonchev–Trinajstić information content (AvgIpc) is 3.10. The molecule has 33 heavy (non-hydrogen) atoms. The summed E-state index contributed by atoms with van der Waals surface area (Å²) in [5, 5.41) is 6.97. The van der Waals surface area contributed by atoms with Crippen molar-refractivity contribution >= 4 is 35.1 Å². The number of aromatic nitrogens is 3. The summed E-state index contributed by atoms with van der Waals surface area (Å²) in [5.74, 6) is 2.47. The van der Waals surface area contributed by atoms with Crippen LogP contribution in [0.15, 0.2) is 18.2 Å². The molecule has 2 N–H and O–H groups in total. The van der Waals surface area contributed by atoms with Gasteiger partial charge >= 0.3 is 0 Å². The molecule has 1 saturated heterocycles. The Bertz CT molecular complexity index is 912. The fourth-order valence-corrected chi connectivity index (χ4v) is 5.21. The second-order valence-corrected chi connectivity index (χ2v) is 9.50. The Labute approximate surface area is 202 Å². The molecule has 9 heteroatoms. The Morgan fingerprint density at radius 2 is 1.64 bits per heavy atom. The number of nitrogens with one attached hydrogen (secondary N) is 2. The summed E-state index contributed by atoms with van der Waals surface area (Å²) >= 11 is 6.32. The smallest absolute Gasteiger partial charge is 0.233 e. The molecule has 180 valence electrons. The Morgan fingerprint density at radius 1 is 0.970 bits per heavy atom. The van der Waals surface area contributed by atoms with E-state index in [1.165, 1.54) is 38.5 Å². The molecule has 1 aromatic carbocycles. The molecule has 0 spiro atoms. The monoisotopic (exact) mass is 473 g/mol. The van der Waals surface area contributed by atoms with Gasteiger partial charge in [-0.2, -0.15) is 15.0 Å². The van der Waals surface area contributed by atoms with E-state index < -0.39 is 0 Å². The molecule has 0 bridgehead atoms. The Morgan fingerprint density at radius 3 is 2.27 bits per heavy atom. The third kappa shape index (κ3) is 5.98. The fourth-order valence-electron chi connectivity index (χ4n) is 4.96. The van der Waals surface area contributed by atoms with Crippen molar-refractivity contribution in [3.8, 4) is 5.75 Å². The number of anilines is 4. The van der Waals surface area contributed by atoms with E-state index >= 15 is 0 Å². The van der Waals surface area contributed by atoms with E-state index in [1.807, 2.05) is 25.2 Å². The van der Waals surface area contributed by atoms with Gasteiger partial charge in [0.25, 0.3) is 0 Å². The summed E-state index contributed by atoms with van der Waals surface area (Å²) in [4.78, 5) is 19.2. The van der Waals surface area contributed by atoms with Gasteiger partial charge in [-0.25, -0.2) is 0 Å². The van der Waals surface area contributed by atoms with E-state index in [0.29, 0.717) is 34.8 Å². The van der Waals surface area contributed by atoms with Crippen LogP contribution in [0.25, 0.3) is 0 Å². The molecule has 2 heterocycles. The molecule has 8 nitrogen and oxygen atoms in total. The van der Waals surface area contributed by atoms with Gasteiger partial charge in [0.05, 0.1) is 12.1 Å². The molecule has 1 aromatic heterocycles. The summed E-state index contributed by atoms with van der Waals surface area (Å²) < 4.78 is 5.27. The van der Waals surface area contributed by atoms with Crippen molar-refractivity contribution in [1.29, 1.82) is 0 Å². The van der Waals surface area contributed by atoms with Gasteiger partial charge in [-0.1, -0.05) is 37.3 Å². The number of hydrogen-bond acceptors (Lipinski definition) is 8. The second-order valence-electron chi connectivity index (χ2n) is 9.09. The van der Waals surface area contributed by atoms with Crippen molar-refractivity contribution in [2.75, 3.05) is 49.8 Å². The number of hydrogen-bond donors (Lipinski definition) is 2. The molecule has 1 aliphatic carbocycles. The van der Waals surface area contributed by atoms with E-state index in [9.17, 15) is 0 Å². The quantitative estimate of drug-likeness (QED) is 0.547. The van der Waals surface area contributed by atoms with Crippen molar-refractivity contribution in [2.45, 2.75) is 63.5 Å². The number of methoxy groups -OCH3 is 1. The van der Waals surface area contributed by atoms with Crippen molar-refractivity contribution in [1.82, 2.24) is 19.9 Å². The third-order valence-corrected chi connectivity index (χ3v) is 7.08. The van der Waals surface area contributed by atoms with Crippen molar-refractivity contribution < 1.29 is 4.74 Å². The molecule has 2 aliphatic rings. The van der Waals surface area contributed by atoms with E-state index in [1.54, 1.807) is 7.11 Å². The molecule has 0 amide bonds. The third-order valence-electron chi connectivity index (χ3n) is 6.79. The van der Waals surface area contributed by atoms with E-state index in [0.717, 1.165) is 37.6 Å². The first kappa shape index (κ1) is 23.8. The summed E-state index contributed by atoms with van der Waals surface area (Å²) in [5.41, 5.74) is 0.806. The lowest BCUT2D eigenvalue weighted by atomic mass is 9.98. The molecule has 0 radical (unpaired) electrons. The number of likely N-dealkylation sites (tertiary alicyclic amines) is 1. The van der Waals surface area contributed by atoms with Crippen LogP contribution in [-0.2, 0) is 0 Å². The zero-order chi connectivity index (χ0) is 23.2. The van der Waals surface area contributed by atoms with Crippen molar-refractivity contribution in [3.63, 3.8) is 0 Å². The largest absolute Gasteiger partial charge is 0.495 e. The van der Waals surface area contributed by atoms with Gasteiger partial charge in [0.15, 0.2) is 0 Å². The number of rotatable bonds is 7. The van der Waals surface area contributed by atoms with Crippen LogP contribution in [0.4, 0.5) is 23.5 Å². The molecule has 0 atom stereocenters. The molecular weight excluding hydrogens is 438 g/mol. The van der Waals surface area contributed by atoms with Gasteiger partial charge in [0.1, 0.15) is 5.75 Å². The van der Waals surface area contributed by atoms with E-state index in [4.69, 9.17) is 26.3 Å². The first-order valence-corrected chi connectivity index (χ1v) is 12.5. The second kappa shape index (κ2) is 11.2. The lowest BCUT2D eigenvalue weighted by Gasteiger charge is -2.42. The van der Waals surface area contributed by atoms with Gasteiger partial charge in [0, 0.05) is 24.8 Å². The van der Waals surface area contributed by atoms with Gasteiger partial charge in [-0.05, 0) is 64.0 Å². The molecule has 4 rings (SSSR count). The number of benzene rings is 1. The Kier molecular flexibility index (Phi) is 8.09. The maximum absolute atomic E-state index is 6.32. The molecular formula is C24H36ClN7O. The average molecular weight is 474 g/mol. The Hall–Kier alpha value is -2.32. The molecule has 1 saturated carbocycles. The fraction of sp³-hybridized carbons (Fsp3) is 0.625.